The maximum absolute atomic E-state index is 11.0. The number of Topliss-reactive ketones (excluding diaryl/α,β-unsaturated/α-hetero) is 1. The highest BCUT2D eigenvalue weighted by Crippen LogP contribution is 2.01. The third-order valence-corrected chi connectivity index (χ3v) is 2.11. The first-order chi connectivity index (χ1) is 6.50. The maximum Gasteiger partial charge on any atom is 0.321 e. The van der Waals surface area contributed by atoms with Crippen LogP contribution in [0.25, 0.3) is 0 Å². The number of carbonyl (C=O) groups excluding carboxylic acids is 2. The normalized spacial score (nSPS) is 20.4. The van der Waals surface area contributed by atoms with E-state index in [1.807, 2.05) is 0 Å². The molecule has 76 valence electrons. The zero-order valence-electron chi connectivity index (χ0n) is 7.60. The molecule has 6 nitrogen and oxygen atoms in total. The highest BCUT2D eigenvalue weighted by Gasteiger charge is 2.28. The second-order valence-corrected chi connectivity index (χ2v) is 3.28. The Hall–Kier alpha value is -1.21. The van der Waals surface area contributed by atoms with E-state index in [1.165, 1.54) is 0 Å². The minimum absolute atomic E-state index is 0.0141. The van der Waals surface area contributed by atoms with Crippen LogP contribution in [0.5, 0.6) is 0 Å². The SMILES string of the molecule is NC(CN1BC(=O)C(=O)CC1)C(=O)O. The van der Waals surface area contributed by atoms with Gasteiger partial charge < -0.3 is 20.4 Å². The fourth-order valence-electron chi connectivity index (χ4n) is 1.28. The average Bonchev–Trinajstić information content (AvgIpc) is 2.11. The van der Waals surface area contributed by atoms with E-state index < -0.39 is 17.7 Å². The van der Waals surface area contributed by atoms with Crippen molar-refractivity contribution in [1.29, 1.82) is 0 Å². The molecule has 1 aliphatic heterocycles. The summed E-state index contributed by atoms with van der Waals surface area (Å²) in [5.74, 6) is -1.49. The molecule has 0 radical (unpaired) electrons. The third kappa shape index (κ3) is 2.64. The number of aliphatic carboxylic acids is 1. The van der Waals surface area contributed by atoms with Crippen LogP contribution in [0.15, 0.2) is 0 Å². The zero-order chi connectivity index (χ0) is 10.7. The van der Waals surface area contributed by atoms with Crippen LogP contribution in [0.1, 0.15) is 6.42 Å². The molecule has 1 unspecified atom stereocenters. The molecule has 0 amide bonds. The van der Waals surface area contributed by atoms with Gasteiger partial charge in [0.1, 0.15) is 6.04 Å². The van der Waals surface area contributed by atoms with Crippen molar-refractivity contribution in [3.8, 4) is 0 Å². The molecule has 1 atom stereocenters. The minimum atomic E-state index is -1.10. The largest absolute Gasteiger partial charge is 0.480 e. The van der Waals surface area contributed by atoms with E-state index >= 15 is 0 Å². The molecule has 1 rings (SSSR count). The van der Waals surface area contributed by atoms with Crippen LogP contribution in [-0.2, 0) is 14.4 Å². The number of carboxylic acids is 1. The van der Waals surface area contributed by atoms with Crippen LogP contribution in [-0.4, -0.2) is 53.9 Å². The molecular weight excluding hydrogens is 187 g/mol. The van der Waals surface area contributed by atoms with Crippen molar-refractivity contribution in [2.24, 2.45) is 5.73 Å². The Morgan fingerprint density at radius 3 is 2.79 bits per heavy atom. The molecule has 0 saturated carbocycles. The van der Waals surface area contributed by atoms with Crippen molar-refractivity contribution < 1.29 is 19.5 Å². The van der Waals surface area contributed by atoms with Crippen molar-refractivity contribution in [3.63, 3.8) is 0 Å². The smallest absolute Gasteiger partial charge is 0.321 e. The van der Waals surface area contributed by atoms with Gasteiger partial charge in [0.2, 0.25) is 0 Å². The van der Waals surface area contributed by atoms with Crippen molar-refractivity contribution in [1.82, 2.24) is 4.81 Å². The van der Waals surface area contributed by atoms with Crippen LogP contribution >= 0.6 is 0 Å². The van der Waals surface area contributed by atoms with E-state index in [4.69, 9.17) is 10.8 Å². The zero-order valence-corrected chi connectivity index (χ0v) is 7.60. The van der Waals surface area contributed by atoms with Gasteiger partial charge in [0.25, 0.3) is 7.41 Å². The molecule has 0 aromatic carbocycles. The van der Waals surface area contributed by atoms with Gasteiger partial charge in [-0.05, 0) is 6.54 Å². The molecule has 1 saturated heterocycles. The second kappa shape index (κ2) is 4.34. The molecule has 1 heterocycles. The van der Waals surface area contributed by atoms with E-state index in [-0.39, 0.29) is 26.2 Å². The molecule has 0 spiro atoms. The summed E-state index contributed by atoms with van der Waals surface area (Å²) >= 11 is 0. The van der Waals surface area contributed by atoms with Gasteiger partial charge in [-0.3, -0.25) is 9.59 Å². The Morgan fingerprint density at radius 2 is 2.29 bits per heavy atom. The summed E-state index contributed by atoms with van der Waals surface area (Å²) in [4.78, 5) is 33.8. The molecule has 1 aliphatic rings. The second-order valence-electron chi connectivity index (χ2n) is 3.28. The van der Waals surface area contributed by atoms with Gasteiger partial charge >= 0.3 is 5.97 Å². The third-order valence-electron chi connectivity index (χ3n) is 2.11. The summed E-state index contributed by atoms with van der Waals surface area (Å²) in [5.41, 5.74) is 4.83. The van der Waals surface area contributed by atoms with Crippen LogP contribution in [0, 0.1) is 0 Å². The summed E-state index contributed by atoms with van der Waals surface area (Å²) in [7, 11) is -0.0141. The number of hydrogen-bond donors (Lipinski definition) is 2. The van der Waals surface area contributed by atoms with Gasteiger partial charge in [0.15, 0.2) is 11.5 Å². The van der Waals surface area contributed by atoms with Crippen LogP contribution in [0.3, 0.4) is 0 Å². The number of carboxylic acid groups (broad SMARTS) is 1. The molecule has 0 aliphatic carbocycles. The summed E-state index contributed by atoms with van der Waals surface area (Å²) in [6, 6.07) is -1.00. The van der Waals surface area contributed by atoms with Crippen LogP contribution < -0.4 is 5.73 Å². The monoisotopic (exact) mass is 198 g/mol. The molecule has 1 fully saturated rings. The average molecular weight is 198 g/mol. The van der Waals surface area contributed by atoms with E-state index in [1.54, 1.807) is 4.81 Å². The predicted octanol–water partition coefficient (Wildman–Crippen LogP) is -2.45. The van der Waals surface area contributed by atoms with Gasteiger partial charge in [-0.1, -0.05) is 0 Å². The number of rotatable bonds is 3. The van der Waals surface area contributed by atoms with Gasteiger partial charge in [-0.2, -0.15) is 0 Å². The Morgan fingerprint density at radius 1 is 1.64 bits per heavy atom. The highest BCUT2D eigenvalue weighted by atomic mass is 16.4. The number of nitrogens with two attached hydrogens (primary N) is 1. The number of nitrogens with zero attached hydrogens (tertiary/aromatic N) is 1. The lowest BCUT2D eigenvalue weighted by Gasteiger charge is -2.25. The van der Waals surface area contributed by atoms with Gasteiger partial charge in [0, 0.05) is 13.0 Å². The quantitative estimate of drug-likeness (QED) is 0.385. The first-order valence-corrected chi connectivity index (χ1v) is 4.27. The van der Waals surface area contributed by atoms with Gasteiger partial charge in [-0.15, -0.1) is 0 Å². The molecule has 14 heavy (non-hydrogen) atoms. The minimum Gasteiger partial charge on any atom is -0.480 e. The molecular formula is C7H11BN2O4. The molecule has 0 aromatic heterocycles. The van der Waals surface area contributed by atoms with Crippen molar-refractivity contribution >= 4 is 24.8 Å². The summed E-state index contributed by atoms with van der Waals surface area (Å²) in [6.07, 6.45) is 0.158. The number of carbonyl (C=O) groups is 3. The van der Waals surface area contributed by atoms with Crippen LogP contribution in [0.2, 0.25) is 0 Å². The van der Waals surface area contributed by atoms with Gasteiger partial charge in [-0.25, -0.2) is 0 Å². The fourth-order valence-corrected chi connectivity index (χ4v) is 1.28. The summed E-state index contributed by atoms with van der Waals surface area (Å²) in [6.45, 7) is 0.514. The highest BCUT2D eigenvalue weighted by molar-refractivity contribution is 6.87. The first-order valence-electron chi connectivity index (χ1n) is 4.27. The molecule has 0 bridgehead atoms. The molecule has 7 heteroatoms. The lowest BCUT2D eigenvalue weighted by molar-refractivity contribution is -0.138. The Labute approximate surface area is 81.3 Å². The van der Waals surface area contributed by atoms with E-state index in [0.717, 1.165) is 0 Å². The topological polar surface area (TPSA) is 101 Å². The van der Waals surface area contributed by atoms with E-state index in [2.05, 4.69) is 0 Å². The molecule has 0 aromatic rings. The predicted molar refractivity (Wildman–Crippen MR) is 49.0 cm³/mol. The molecule has 3 N–H and O–H groups in total. The summed E-state index contributed by atoms with van der Waals surface area (Å²) < 4.78 is 0. The van der Waals surface area contributed by atoms with E-state index in [9.17, 15) is 14.4 Å². The Bertz CT molecular complexity index is 281. The van der Waals surface area contributed by atoms with Crippen LogP contribution in [0.4, 0.5) is 0 Å². The van der Waals surface area contributed by atoms with E-state index in [0.29, 0.717) is 6.54 Å². The van der Waals surface area contributed by atoms with Crippen molar-refractivity contribution in [2.75, 3.05) is 13.1 Å². The maximum atomic E-state index is 11.0. The number of hydrogen-bond acceptors (Lipinski definition) is 5. The Balaban J connectivity index is 2.44. The van der Waals surface area contributed by atoms with Crippen molar-refractivity contribution in [3.05, 3.63) is 0 Å². The van der Waals surface area contributed by atoms with Crippen molar-refractivity contribution in [2.45, 2.75) is 12.5 Å². The summed E-state index contributed by atoms with van der Waals surface area (Å²) in [5, 5.41) is 8.53. The van der Waals surface area contributed by atoms with Gasteiger partial charge in [0.05, 0.1) is 0 Å². The fraction of sp³-hybridized carbons (Fsp3) is 0.571. The lowest BCUT2D eigenvalue weighted by Crippen LogP contribution is -2.50. The standard InChI is InChI=1S/C7H11BN2O4/c9-4(7(13)14)3-10-2-1-5(11)6(12)8-10/h4,8H,1-3,9H2,(H,13,14). The Kier molecular flexibility index (Phi) is 3.37. The first kappa shape index (κ1) is 10.9. The number of ketones is 1. The lowest BCUT2D eigenvalue weighted by atomic mass is 9.76.